The maximum absolute atomic E-state index is 11.6. The molecule has 1 aromatic carbocycles. The second-order valence-corrected chi connectivity index (χ2v) is 4.02. The van der Waals surface area contributed by atoms with E-state index in [1.165, 1.54) is 7.11 Å². The van der Waals surface area contributed by atoms with Gasteiger partial charge in [0.15, 0.2) is 0 Å². The van der Waals surface area contributed by atoms with E-state index in [0.29, 0.717) is 6.42 Å². The lowest BCUT2D eigenvalue weighted by molar-refractivity contribution is -0.121. The molecule has 1 rings (SSSR count). The van der Waals surface area contributed by atoms with Gasteiger partial charge in [-0.15, -0.1) is 0 Å². The average molecular weight is 237 g/mol. The van der Waals surface area contributed by atoms with Crippen LogP contribution in [0.1, 0.15) is 11.1 Å². The number of nitrogens with one attached hydrogen (secondary N) is 1. The molecule has 1 amide bonds. The van der Waals surface area contributed by atoms with Gasteiger partial charge in [0.1, 0.15) is 0 Å². The SMILES string of the molecule is COCC(O)CNC(=O)Cc1ccccc1C. The molecule has 2 N–H and O–H groups in total. The van der Waals surface area contributed by atoms with Crippen LogP contribution in [0.5, 0.6) is 0 Å². The van der Waals surface area contributed by atoms with Crippen LogP contribution >= 0.6 is 0 Å². The summed E-state index contributed by atoms with van der Waals surface area (Å²) in [6.45, 7) is 2.42. The summed E-state index contributed by atoms with van der Waals surface area (Å²) in [5.74, 6) is -0.0885. The first-order valence-corrected chi connectivity index (χ1v) is 5.61. The number of carbonyl (C=O) groups is 1. The van der Waals surface area contributed by atoms with Gasteiger partial charge in [-0.05, 0) is 18.1 Å². The quantitative estimate of drug-likeness (QED) is 0.764. The van der Waals surface area contributed by atoms with Gasteiger partial charge in [-0.2, -0.15) is 0 Å². The van der Waals surface area contributed by atoms with Gasteiger partial charge in [-0.3, -0.25) is 4.79 Å². The van der Waals surface area contributed by atoms with Crippen LogP contribution < -0.4 is 5.32 Å². The molecule has 0 saturated heterocycles. The molecular formula is C13H19NO3. The standard InChI is InChI=1S/C13H19NO3/c1-10-5-3-4-6-11(10)7-13(16)14-8-12(15)9-17-2/h3-6,12,15H,7-9H2,1-2H3,(H,14,16). The van der Waals surface area contributed by atoms with Gasteiger partial charge in [-0.1, -0.05) is 24.3 Å². The Bertz CT molecular complexity index is 365. The minimum absolute atomic E-state index is 0.0885. The normalized spacial score (nSPS) is 12.2. The highest BCUT2D eigenvalue weighted by Gasteiger charge is 2.08. The van der Waals surface area contributed by atoms with E-state index < -0.39 is 6.10 Å². The first kappa shape index (κ1) is 13.7. The Morgan fingerprint density at radius 3 is 2.82 bits per heavy atom. The summed E-state index contributed by atoms with van der Waals surface area (Å²) in [5.41, 5.74) is 2.10. The van der Waals surface area contributed by atoms with Gasteiger partial charge < -0.3 is 15.2 Å². The molecule has 1 aromatic rings. The summed E-state index contributed by atoms with van der Waals surface area (Å²) < 4.78 is 4.77. The summed E-state index contributed by atoms with van der Waals surface area (Å²) in [6, 6.07) is 7.76. The smallest absolute Gasteiger partial charge is 0.224 e. The Morgan fingerprint density at radius 1 is 1.47 bits per heavy atom. The molecule has 0 aromatic heterocycles. The van der Waals surface area contributed by atoms with Crippen molar-refractivity contribution in [1.82, 2.24) is 5.32 Å². The number of rotatable bonds is 6. The Labute approximate surface area is 102 Å². The molecule has 0 fully saturated rings. The van der Waals surface area contributed by atoms with E-state index in [2.05, 4.69) is 5.32 Å². The highest BCUT2D eigenvalue weighted by Crippen LogP contribution is 2.07. The predicted molar refractivity (Wildman–Crippen MR) is 65.8 cm³/mol. The summed E-state index contributed by atoms with van der Waals surface area (Å²) >= 11 is 0. The van der Waals surface area contributed by atoms with Crippen LogP contribution in [0.2, 0.25) is 0 Å². The Morgan fingerprint density at radius 2 is 2.18 bits per heavy atom. The van der Waals surface area contributed by atoms with E-state index in [4.69, 9.17) is 4.74 Å². The van der Waals surface area contributed by atoms with Crippen molar-refractivity contribution in [2.24, 2.45) is 0 Å². The summed E-state index contributed by atoms with van der Waals surface area (Å²) in [6.07, 6.45) is -0.312. The average Bonchev–Trinajstić information content (AvgIpc) is 2.30. The van der Waals surface area contributed by atoms with Crippen molar-refractivity contribution in [1.29, 1.82) is 0 Å². The molecule has 4 nitrogen and oxygen atoms in total. The van der Waals surface area contributed by atoms with Gasteiger partial charge in [-0.25, -0.2) is 0 Å². The molecule has 0 bridgehead atoms. The van der Waals surface area contributed by atoms with E-state index in [9.17, 15) is 9.90 Å². The van der Waals surface area contributed by atoms with Crippen LogP contribution in [-0.4, -0.2) is 37.4 Å². The number of aliphatic hydroxyl groups excluding tert-OH is 1. The van der Waals surface area contributed by atoms with E-state index in [0.717, 1.165) is 11.1 Å². The lowest BCUT2D eigenvalue weighted by Crippen LogP contribution is -2.35. The molecule has 0 aliphatic heterocycles. The first-order valence-electron chi connectivity index (χ1n) is 5.61. The van der Waals surface area contributed by atoms with Crippen LogP contribution in [0, 0.1) is 6.92 Å². The zero-order valence-electron chi connectivity index (χ0n) is 10.3. The Hall–Kier alpha value is -1.39. The Kier molecular flexibility index (Phi) is 5.66. The predicted octanol–water partition coefficient (Wildman–Crippen LogP) is 0.661. The van der Waals surface area contributed by atoms with Crippen molar-refractivity contribution < 1.29 is 14.6 Å². The van der Waals surface area contributed by atoms with E-state index in [1.807, 2.05) is 31.2 Å². The van der Waals surface area contributed by atoms with Crippen molar-refractivity contribution in [3.63, 3.8) is 0 Å². The van der Waals surface area contributed by atoms with Crippen molar-refractivity contribution in [3.05, 3.63) is 35.4 Å². The number of amides is 1. The fourth-order valence-corrected chi connectivity index (χ4v) is 1.53. The van der Waals surface area contributed by atoms with Crippen LogP contribution in [-0.2, 0) is 16.0 Å². The number of carbonyl (C=O) groups excluding carboxylic acids is 1. The number of hydrogen-bond acceptors (Lipinski definition) is 3. The summed E-state index contributed by atoms with van der Waals surface area (Å²) in [5, 5.41) is 12.1. The second kappa shape index (κ2) is 7.04. The highest BCUT2D eigenvalue weighted by atomic mass is 16.5. The third kappa shape index (κ3) is 4.97. The van der Waals surface area contributed by atoms with E-state index in [1.54, 1.807) is 0 Å². The van der Waals surface area contributed by atoms with Gasteiger partial charge >= 0.3 is 0 Å². The minimum atomic E-state index is -0.652. The highest BCUT2D eigenvalue weighted by molar-refractivity contribution is 5.78. The molecular weight excluding hydrogens is 218 g/mol. The van der Waals surface area contributed by atoms with E-state index >= 15 is 0 Å². The lowest BCUT2D eigenvalue weighted by Gasteiger charge is -2.11. The lowest BCUT2D eigenvalue weighted by atomic mass is 10.1. The fourth-order valence-electron chi connectivity index (χ4n) is 1.53. The minimum Gasteiger partial charge on any atom is -0.389 e. The van der Waals surface area contributed by atoms with Crippen LogP contribution in [0.4, 0.5) is 0 Å². The Balaban J connectivity index is 2.37. The molecule has 0 aliphatic rings. The van der Waals surface area contributed by atoms with Crippen LogP contribution in [0.3, 0.4) is 0 Å². The summed E-state index contributed by atoms with van der Waals surface area (Å²) in [7, 11) is 1.51. The maximum Gasteiger partial charge on any atom is 0.224 e. The van der Waals surface area contributed by atoms with Crippen LogP contribution in [0.25, 0.3) is 0 Å². The molecule has 0 radical (unpaired) electrons. The van der Waals surface area contributed by atoms with Gasteiger partial charge in [0.25, 0.3) is 0 Å². The molecule has 1 unspecified atom stereocenters. The van der Waals surface area contributed by atoms with Crippen molar-refractivity contribution >= 4 is 5.91 Å². The zero-order valence-corrected chi connectivity index (χ0v) is 10.3. The molecule has 0 saturated carbocycles. The number of aliphatic hydroxyl groups is 1. The maximum atomic E-state index is 11.6. The molecule has 0 spiro atoms. The molecule has 17 heavy (non-hydrogen) atoms. The van der Waals surface area contributed by atoms with Gasteiger partial charge in [0.2, 0.25) is 5.91 Å². The van der Waals surface area contributed by atoms with Crippen molar-refractivity contribution in [2.45, 2.75) is 19.4 Å². The van der Waals surface area contributed by atoms with Crippen LogP contribution in [0.15, 0.2) is 24.3 Å². The molecule has 0 heterocycles. The second-order valence-electron chi connectivity index (χ2n) is 4.02. The third-order valence-corrected chi connectivity index (χ3v) is 2.51. The summed E-state index contributed by atoms with van der Waals surface area (Å²) in [4.78, 5) is 11.6. The number of aryl methyl sites for hydroxylation is 1. The van der Waals surface area contributed by atoms with Crippen molar-refractivity contribution in [3.8, 4) is 0 Å². The number of hydrogen-bond donors (Lipinski definition) is 2. The van der Waals surface area contributed by atoms with Crippen molar-refractivity contribution in [2.75, 3.05) is 20.3 Å². The van der Waals surface area contributed by atoms with E-state index in [-0.39, 0.29) is 19.1 Å². The molecule has 94 valence electrons. The fraction of sp³-hybridized carbons (Fsp3) is 0.462. The van der Waals surface area contributed by atoms with Gasteiger partial charge in [0, 0.05) is 13.7 Å². The number of methoxy groups -OCH3 is 1. The third-order valence-electron chi connectivity index (χ3n) is 2.51. The molecule has 1 atom stereocenters. The molecule has 4 heteroatoms. The first-order chi connectivity index (χ1) is 8.13. The number of ether oxygens (including phenoxy) is 1. The zero-order chi connectivity index (χ0) is 12.7. The largest absolute Gasteiger partial charge is 0.389 e. The topological polar surface area (TPSA) is 58.6 Å². The number of benzene rings is 1. The van der Waals surface area contributed by atoms with Gasteiger partial charge in [0.05, 0.1) is 19.1 Å². The monoisotopic (exact) mass is 237 g/mol. The molecule has 0 aliphatic carbocycles.